The predicted octanol–water partition coefficient (Wildman–Crippen LogP) is 1.20. The van der Waals surface area contributed by atoms with Gasteiger partial charge in [0.25, 0.3) is 0 Å². The minimum Gasteiger partial charge on any atom is -0.481 e. The first-order valence-corrected chi connectivity index (χ1v) is 6.91. The lowest BCUT2D eigenvalue weighted by Crippen LogP contribution is -2.41. The summed E-state index contributed by atoms with van der Waals surface area (Å²) in [6.07, 6.45) is 6.65. The van der Waals surface area contributed by atoms with Gasteiger partial charge in [-0.15, -0.1) is 0 Å². The van der Waals surface area contributed by atoms with Gasteiger partial charge >= 0.3 is 5.97 Å². The van der Waals surface area contributed by atoms with Crippen molar-refractivity contribution >= 4 is 11.9 Å². The lowest BCUT2D eigenvalue weighted by Gasteiger charge is -2.26. The van der Waals surface area contributed by atoms with E-state index in [0.717, 1.165) is 26.1 Å². The molecule has 0 aromatic rings. The molecular weight excluding hydrogens is 246 g/mol. The third kappa shape index (κ3) is 3.80. The zero-order valence-electron chi connectivity index (χ0n) is 11.0. The molecule has 1 aliphatic heterocycles. The molecule has 1 saturated heterocycles. The molecule has 1 heterocycles. The smallest absolute Gasteiger partial charge is 0.307 e. The number of carbonyl (C=O) groups is 2. The molecule has 1 aliphatic carbocycles. The van der Waals surface area contributed by atoms with Gasteiger partial charge < -0.3 is 15.2 Å². The van der Waals surface area contributed by atoms with Crippen molar-refractivity contribution in [3.63, 3.8) is 0 Å². The van der Waals surface area contributed by atoms with E-state index in [9.17, 15) is 9.59 Å². The molecule has 2 atom stereocenters. The van der Waals surface area contributed by atoms with E-state index in [-0.39, 0.29) is 5.91 Å². The largest absolute Gasteiger partial charge is 0.481 e. The van der Waals surface area contributed by atoms with Crippen LogP contribution in [0.1, 0.15) is 25.7 Å². The Balaban J connectivity index is 1.84. The van der Waals surface area contributed by atoms with Gasteiger partial charge in [-0.25, -0.2) is 0 Å². The molecule has 0 spiro atoms. The second-order valence-corrected chi connectivity index (χ2v) is 5.29. The minimum absolute atomic E-state index is 0.122. The van der Waals surface area contributed by atoms with Gasteiger partial charge in [-0.3, -0.25) is 9.59 Å². The van der Waals surface area contributed by atoms with Gasteiger partial charge in [0.2, 0.25) is 5.91 Å². The topological polar surface area (TPSA) is 75.6 Å². The quantitative estimate of drug-likeness (QED) is 0.750. The molecule has 5 heteroatoms. The lowest BCUT2D eigenvalue weighted by atomic mass is 9.82. The number of nitrogens with one attached hydrogen (secondary N) is 1. The number of rotatable bonds is 4. The number of hydrogen-bond acceptors (Lipinski definition) is 3. The van der Waals surface area contributed by atoms with Gasteiger partial charge in [-0.2, -0.15) is 0 Å². The van der Waals surface area contributed by atoms with Gasteiger partial charge in [-0.05, 0) is 31.6 Å². The van der Waals surface area contributed by atoms with Gasteiger partial charge in [-0.1, -0.05) is 12.2 Å². The van der Waals surface area contributed by atoms with E-state index in [0.29, 0.717) is 25.3 Å². The summed E-state index contributed by atoms with van der Waals surface area (Å²) in [6.45, 7) is 2.14. The van der Waals surface area contributed by atoms with Gasteiger partial charge in [0.1, 0.15) is 0 Å². The Hall–Kier alpha value is -1.36. The van der Waals surface area contributed by atoms with Crippen LogP contribution in [0.15, 0.2) is 12.2 Å². The van der Waals surface area contributed by atoms with E-state index in [4.69, 9.17) is 9.84 Å². The molecule has 0 unspecified atom stereocenters. The van der Waals surface area contributed by atoms with Crippen LogP contribution in [0.4, 0.5) is 0 Å². The Morgan fingerprint density at radius 3 is 2.42 bits per heavy atom. The average Bonchev–Trinajstić information content (AvgIpc) is 2.46. The molecular formula is C14H21NO4. The van der Waals surface area contributed by atoms with E-state index in [2.05, 4.69) is 5.32 Å². The van der Waals surface area contributed by atoms with Crippen molar-refractivity contribution < 1.29 is 19.4 Å². The Morgan fingerprint density at radius 2 is 1.79 bits per heavy atom. The van der Waals surface area contributed by atoms with Gasteiger partial charge in [0, 0.05) is 19.8 Å². The summed E-state index contributed by atoms with van der Waals surface area (Å²) in [5.41, 5.74) is 0. The lowest BCUT2D eigenvalue weighted by molar-refractivity contribution is -0.147. The fourth-order valence-electron chi connectivity index (χ4n) is 2.70. The molecule has 19 heavy (non-hydrogen) atoms. The van der Waals surface area contributed by atoms with Crippen molar-refractivity contribution in [2.24, 2.45) is 17.8 Å². The maximum Gasteiger partial charge on any atom is 0.307 e. The summed E-state index contributed by atoms with van der Waals surface area (Å²) in [7, 11) is 0. The van der Waals surface area contributed by atoms with E-state index in [1.807, 2.05) is 12.2 Å². The van der Waals surface area contributed by atoms with E-state index < -0.39 is 17.8 Å². The number of amides is 1. The van der Waals surface area contributed by atoms with Crippen molar-refractivity contribution in [3.8, 4) is 0 Å². The molecule has 2 N–H and O–H groups in total. The van der Waals surface area contributed by atoms with E-state index in [1.54, 1.807) is 0 Å². The summed E-state index contributed by atoms with van der Waals surface area (Å²) in [5.74, 6) is -1.55. The summed E-state index contributed by atoms with van der Waals surface area (Å²) < 4.78 is 5.27. The summed E-state index contributed by atoms with van der Waals surface area (Å²) in [6, 6.07) is 0. The second-order valence-electron chi connectivity index (χ2n) is 5.29. The first-order chi connectivity index (χ1) is 9.18. The molecule has 1 amide bonds. The highest BCUT2D eigenvalue weighted by molar-refractivity contribution is 5.85. The van der Waals surface area contributed by atoms with Crippen LogP contribution in [0.5, 0.6) is 0 Å². The monoisotopic (exact) mass is 267 g/mol. The van der Waals surface area contributed by atoms with Gasteiger partial charge in [0.15, 0.2) is 0 Å². The van der Waals surface area contributed by atoms with Crippen molar-refractivity contribution in [1.29, 1.82) is 0 Å². The first kappa shape index (κ1) is 14.1. The Kier molecular flexibility index (Phi) is 4.96. The van der Waals surface area contributed by atoms with Crippen molar-refractivity contribution in [2.45, 2.75) is 25.7 Å². The van der Waals surface area contributed by atoms with Crippen LogP contribution < -0.4 is 5.32 Å². The number of ether oxygens (including phenoxy) is 1. The van der Waals surface area contributed by atoms with Crippen molar-refractivity contribution in [2.75, 3.05) is 19.8 Å². The third-order valence-corrected chi connectivity index (χ3v) is 3.99. The molecule has 1 fully saturated rings. The minimum atomic E-state index is -0.879. The van der Waals surface area contributed by atoms with Gasteiger partial charge in [0.05, 0.1) is 11.8 Å². The molecule has 0 saturated carbocycles. The molecule has 5 nitrogen and oxygen atoms in total. The van der Waals surface area contributed by atoms with Crippen LogP contribution in [-0.2, 0) is 14.3 Å². The summed E-state index contributed by atoms with van der Waals surface area (Å²) in [4.78, 5) is 23.3. The van der Waals surface area contributed by atoms with Crippen LogP contribution >= 0.6 is 0 Å². The van der Waals surface area contributed by atoms with Crippen LogP contribution in [0, 0.1) is 17.8 Å². The Morgan fingerprint density at radius 1 is 1.16 bits per heavy atom. The molecule has 2 aliphatic rings. The first-order valence-electron chi connectivity index (χ1n) is 6.91. The highest BCUT2D eigenvalue weighted by atomic mass is 16.5. The number of carboxylic acid groups (broad SMARTS) is 1. The average molecular weight is 267 g/mol. The number of carboxylic acids is 1. The standard InChI is InChI=1S/C14H21NO4/c16-13(15-9-10-5-7-19-8-6-10)11-3-1-2-4-12(11)14(17)18/h1-2,10-12H,3-9H2,(H,15,16)(H,17,18)/t11-,12+/m1/s1. The van der Waals surface area contributed by atoms with Crippen molar-refractivity contribution in [3.05, 3.63) is 12.2 Å². The normalized spacial score (nSPS) is 28.0. The maximum absolute atomic E-state index is 12.1. The molecule has 0 bridgehead atoms. The predicted molar refractivity (Wildman–Crippen MR) is 69.5 cm³/mol. The fraction of sp³-hybridized carbons (Fsp3) is 0.714. The Labute approximate surface area is 113 Å². The van der Waals surface area contributed by atoms with Crippen LogP contribution in [-0.4, -0.2) is 36.7 Å². The second kappa shape index (κ2) is 6.70. The van der Waals surface area contributed by atoms with Crippen LogP contribution in [0.25, 0.3) is 0 Å². The highest BCUT2D eigenvalue weighted by Gasteiger charge is 2.34. The van der Waals surface area contributed by atoms with E-state index >= 15 is 0 Å². The van der Waals surface area contributed by atoms with E-state index in [1.165, 1.54) is 0 Å². The Bertz CT molecular complexity index is 360. The SMILES string of the molecule is O=C(O)[C@H]1CC=CC[C@H]1C(=O)NCC1CCOCC1. The number of hydrogen-bond donors (Lipinski definition) is 2. The van der Waals surface area contributed by atoms with Crippen LogP contribution in [0.2, 0.25) is 0 Å². The zero-order chi connectivity index (χ0) is 13.7. The maximum atomic E-state index is 12.1. The third-order valence-electron chi connectivity index (χ3n) is 3.99. The molecule has 0 aromatic heterocycles. The number of allylic oxidation sites excluding steroid dienone is 2. The molecule has 106 valence electrons. The number of aliphatic carboxylic acids is 1. The molecule has 2 rings (SSSR count). The summed E-state index contributed by atoms with van der Waals surface area (Å²) in [5, 5.41) is 12.1. The summed E-state index contributed by atoms with van der Waals surface area (Å²) >= 11 is 0. The highest BCUT2D eigenvalue weighted by Crippen LogP contribution is 2.26. The molecule has 0 aromatic carbocycles. The van der Waals surface area contributed by atoms with Crippen molar-refractivity contribution in [1.82, 2.24) is 5.32 Å². The zero-order valence-corrected chi connectivity index (χ0v) is 11.0. The molecule has 0 radical (unpaired) electrons. The fourth-order valence-corrected chi connectivity index (χ4v) is 2.70. The number of carbonyl (C=O) groups excluding carboxylic acids is 1. The van der Waals surface area contributed by atoms with Crippen LogP contribution in [0.3, 0.4) is 0 Å².